The lowest BCUT2D eigenvalue weighted by Gasteiger charge is -2.30. The van der Waals surface area contributed by atoms with Crippen LogP contribution in [0.2, 0.25) is 0 Å². The Labute approximate surface area is 456 Å². The summed E-state index contributed by atoms with van der Waals surface area (Å²) in [5.41, 5.74) is 38.3. The van der Waals surface area contributed by atoms with Crippen LogP contribution in [0.3, 0.4) is 0 Å². The van der Waals surface area contributed by atoms with E-state index < -0.39 is 33.4 Å². The van der Waals surface area contributed by atoms with E-state index >= 15 is 0 Å². The largest absolute Gasteiger partial charge is 0.684 e. The van der Waals surface area contributed by atoms with Gasteiger partial charge in [0, 0.05) is 58.8 Å². The van der Waals surface area contributed by atoms with Gasteiger partial charge in [-0.05, 0) is 57.6 Å². The van der Waals surface area contributed by atoms with E-state index in [0.29, 0.717) is 113 Å². The van der Waals surface area contributed by atoms with Gasteiger partial charge in [-0.3, -0.25) is 0 Å². The van der Waals surface area contributed by atoms with Gasteiger partial charge in [-0.25, -0.2) is 0 Å². The minimum atomic E-state index is -2.68. The highest BCUT2D eigenvalue weighted by Gasteiger charge is 2.61. The molecule has 16 rings (SSSR count). The van der Waals surface area contributed by atoms with Gasteiger partial charge in [-0.1, -0.05) is 91.0 Å². The Morgan fingerprint density at radius 2 is 0.400 bits per heavy atom. The highest BCUT2D eigenvalue weighted by molar-refractivity contribution is 6.78. The van der Waals surface area contributed by atoms with E-state index in [2.05, 4.69) is 0 Å². The van der Waals surface area contributed by atoms with Crippen LogP contribution in [0.5, 0.6) is 57.5 Å². The third kappa shape index (κ3) is 6.41. The van der Waals surface area contributed by atoms with Crippen molar-refractivity contribution in [3.8, 4) is 57.5 Å². The Bertz CT molecular complexity index is 3720. The molecule has 11 heterocycles. The first kappa shape index (κ1) is 45.4. The van der Waals surface area contributed by atoms with E-state index in [4.69, 9.17) is 75.2 Å². The highest BCUT2D eigenvalue weighted by atomic mass is 16.7. The van der Waals surface area contributed by atoms with Gasteiger partial charge >= 0.3 is 33.4 Å². The lowest BCUT2D eigenvalue weighted by Crippen LogP contribution is -2.78. The molecule has 6 aliphatic rings. The first-order valence-electron chi connectivity index (χ1n) is 26.1. The summed E-state index contributed by atoms with van der Waals surface area (Å²) in [5.74, 6) is 3.96. The Hall–Kier alpha value is -10.8. The van der Waals surface area contributed by atoms with E-state index in [1.165, 1.54) is 0 Å². The molecule has 0 saturated heterocycles. The van der Waals surface area contributed by atoms with Gasteiger partial charge < -0.3 is 97.6 Å². The average molecular weight is 1060 g/mol. The van der Waals surface area contributed by atoms with Crippen LogP contribution in [-0.4, -0.2) is 33.4 Å². The van der Waals surface area contributed by atoms with Crippen LogP contribution in [0.15, 0.2) is 214 Å². The van der Waals surface area contributed by atoms with E-state index in [9.17, 15) is 0 Å². The molecule has 0 spiro atoms. The first-order chi connectivity index (χ1) is 38.9. The van der Waals surface area contributed by atoms with Crippen LogP contribution in [0.1, 0.15) is 0 Å². The van der Waals surface area contributed by atoms with Crippen molar-refractivity contribution in [2.75, 3.05) is 28.7 Å². The number of nitrogens with zero attached hydrogens (tertiary/aromatic N) is 5. The number of nitrogen functional groups attached to an aromatic ring is 5. The topological polar surface area (TPSA) is 242 Å². The smallest absolute Gasteiger partial charge is 0.616 e. The Morgan fingerprint density at radius 1 is 0.225 bits per heavy atom. The van der Waals surface area contributed by atoms with Crippen molar-refractivity contribution < 1.29 is 68.9 Å². The Balaban J connectivity index is 0.932. The van der Waals surface area contributed by atoms with Crippen LogP contribution in [0.25, 0.3) is 0 Å². The maximum absolute atomic E-state index is 7.20. The zero-order valence-corrected chi connectivity index (χ0v) is 42.3. The molecule has 0 aliphatic carbocycles. The van der Waals surface area contributed by atoms with E-state index in [0.717, 1.165) is 0 Å². The highest BCUT2D eigenvalue weighted by Crippen LogP contribution is 2.43. The van der Waals surface area contributed by atoms with Crippen molar-refractivity contribution in [3.05, 3.63) is 214 Å². The normalized spacial score (nSPS) is 23.2. The summed E-state index contributed by atoms with van der Waals surface area (Å²) >= 11 is 0. The molecule has 10 aromatic rings. The summed E-state index contributed by atoms with van der Waals surface area (Å²) < 4.78 is 80.5. The van der Waals surface area contributed by atoms with Crippen molar-refractivity contribution in [3.63, 3.8) is 0 Å². The molecule has 0 radical (unpaired) electrons. The fourth-order valence-electron chi connectivity index (χ4n) is 12.3. The maximum atomic E-state index is 7.20. The molecule has 5 unspecified atom stereocenters. The fourth-order valence-corrected chi connectivity index (χ4v) is 12.3. The Morgan fingerprint density at radius 3 is 0.575 bits per heavy atom. The molecule has 20 nitrogen and oxygen atoms in total. The molecule has 25 heteroatoms. The van der Waals surface area contributed by atoms with Gasteiger partial charge in [0.1, 0.15) is 59.7 Å². The number of aromatic nitrogens is 5. The molecule has 0 saturated carbocycles. The molecule has 80 heavy (non-hydrogen) atoms. The minimum absolute atomic E-state index is 0.366. The molecule has 15 bridgehead atoms. The third-order valence-electron chi connectivity index (χ3n) is 16.0. The van der Waals surface area contributed by atoms with Crippen LogP contribution < -0.4 is 125 Å². The Kier molecular flexibility index (Phi) is 9.01. The number of hydrogen-bond donors (Lipinski definition) is 5. The lowest BCUT2D eigenvalue weighted by molar-refractivity contribution is -0.571. The van der Waals surface area contributed by atoms with Crippen molar-refractivity contribution in [2.45, 2.75) is 0 Å². The summed E-state index contributed by atoms with van der Waals surface area (Å²) in [6.07, 6.45) is 18.1. The van der Waals surface area contributed by atoms with Crippen molar-refractivity contribution in [2.24, 2.45) is 0 Å². The summed E-state index contributed by atoms with van der Waals surface area (Å²) in [5, 5.41) is 0. The lowest BCUT2D eigenvalue weighted by atomic mass is 9.63. The standard InChI is InChI=1S/C55H45B5N10O10/c61-41-11-1-6-36(26-41)56-66-21-16-47-52(31-66)77-58(72-47,38-8-3-13-43(63)28-38)68-23-18-49-54(33-68)79-60(74-49,40-10-5-15-45(65)30-40)70-25-20-50-55(35-70)80-59(75-50,39-9-4-14-44(64)29-39)69-24-19-48-53(34-69)78-57(73-48,37-7-2-12-42(62)27-37)67-22-17-46(71-56)51(32-67)76-56/h1-35H,61-65H2. The molecular formula is C55H45B5N10O10. The van der Waals surface area contributed by atoms with Crippen molar-refractivity contribution in [1.82, 2.24) is 0 Å². The van der Waals surface area contributed by atoms with Crippen molar-refractivity contribution in [1.29, 1.82) is 0 Å². The van der Waals surface area contributed by atoms with Gasteiger partial charge in [0.25, 0.3) is 0 Å². The average Bonchev–Trinajstić information content (AvgIpc) is 4.34. The van der Waals surface area contributed by atoms with Gasteiger partial charge in [0.2, 0.25) is 0 Å². The van der Waals surface area contributed by atoms with E-state index in [-0.39, 0.29) is 0 Å². The second kappa shape index (κ2) is 15.9. The molecular weight excluding hydrogens is 1010 g/mol. The zero-order valence-electron chi connectivity index (χ0n) is 42.3. The monoisotopic (exact) mass is 1060 g/mol. The second-order valence-electron chi connectivity index (χ2n) is 21.0. The molecule has 0 fully saturated rings. The third-order valence-corrected chi connectivity index (χ3v) is 16.0. The summed E-state index contributed by atoms with van der Waals surface area (Å²) in [7, 11) is 0. The van der Waals surface area contributed by atoms with E-state index in [1.807, 2.05) is 175 Å². The number of pyridine rings is 5. The molecule has 10 N–H and O–H groups in total. The summed E-state index contributed by atoms with van der Waals surface area (Å²) in [6, 6.07) is 45.9. The van der Waals surface area contributed by atoms with E-state index in [1.54, 1.807) is 61.3 Å². The zero-order chi connectivity index (χ0) is 53.8. The van der Waals surface area contributed by atoms with Gasteiger partial charge in [0.05, 0.1) is 0 Å². The minimum Gasteiger partial charge on any atom is -0.616 e. The molecule has 5 aromatic heterocycles. The molecule has 5 atom stereocenters. The fraction of sp³-hybridized carbons (Fsp3) is 0. The van der Waals surface area contributed by atoms with Crippen LogP contribution in [0, 0.1) is 0 Å². The number of benzene rings is 5. The van der Waals surface area contributed by atoms with Gasteiger partial charge in [-0.15, -0.1) is 0 Å². The van der Waals surface area contributed by atoms with Crippen LogP contribution >= 0.6 is 0 Å². The van der Waals surface area contributed by atoms with Gasteiger partial charge in [0.15, 0.2) is 59.7 Å². The summed E-state index contributed by atoms with van der Waals surface area (Å²) in [4.78, 5) is 0. The SMILES string of the molecule is Nc1cccc([B-]23Oc4cc[n+](cc4O2)[B-]2(c4cccc(N)c4)Oc4cc[n+](cc4O2)[B-]2(c4cccc(N)c4)Oc4cc[n+](cc4O2)[B-]2(c4cccc(N)c4)Oc4cc[n+](cc4O2)[B-]2(c4cccc(N)c4)Oc4cc[n+]3cc4O2)c1. The quantitative estimate of drug-likeness (QED) is 0.114. The molecule has 6 aliphatic heterocycles. The second-order valence-corrected chi connectivity index (χ2v) is 21.0. The molecule has 5 aromatic carbocycles. The summed E-state index contributed by atoms with van der Waals surface area (Å²) in [6.45, 7) is -13.4. The number of hydrogen-bond acceptors (Lipinski definition) is 15. The first-order valence-corrected chi connectivity index (χ1v) is 26.1. The molecule has 390 valence electrons. The maximum Gasteiger partial charge on any atom is 0.684 e. The number of anilines is 5. The van der Waals surface area contributed by atoms with Crippen LogP contribution in [-0.2, 0) is 0 Å². The van der Waals surface area contributed by atoms with Crippen molar-refractivity contribution >= 4 is 89.2 Å². The molecule has 0 amide bonds. The van der Waals surface area contributed by atoms with Gasteiger partial charge in [-0.2, -0.15) is 0 Å². The number of rotatable bonds is 5. The predicted octanol–water partition coefficient (Wildman–Crippen LogP) is 0.177. The number of nitrogens with two attached hydrogens (primary N) is 5. The van der Waals surface area contributed by atoms with Crippen LogP contribution in [0.4, 0.5) is 28.4 Å². The predicted molar refractivity (Wildman–Crippen MR) is 298 cm³/mol. The number of fused-ring (bicyclic) bond motifs is 15.